The number of hydrogen-bond donors (Lipinski definition) is 1. The summed E-state index contributed by atoms with van der Waals surface area (Å²) in [5.41, 5.74) is 1.01. The van der Waals surface area contributed by atoms with Crippen molar-refractivity contribution in [2.75, 3.05) is 25.0 Å². The predicted molar refractivity (Wildman–Crippen MR) is 105 cm³/mol. The van der Waals surface area contributed by atoms with Gasteiger partial charge >= 0.3 is 0 Å². The van der Waals surface area contributed by atoms with Gasteiger partial charge in [0.1, 0.15) is 11.6 Å². The topological polar surface area (TPSA) is 45.2 Å². The number of carbonyl (C=O) groups is 1. The molecular weight excluding hydrogens is 376 g/mol. The Morgan fingerprint density at radius 1 is 1.31 bits per heavy atom. The number of benzene rings is 1. The van der Waals surface area contributed by atoms with Gasteiger partial charge in [0.25, 0.3) is 0 Å². The summed E-state index contributed by atoms with van der Waals surface area (Å²) in [7, 11) is 2.04. The zero-order valence-corrected chi connectivity index (χ0v) is 16.1. The Hall–Kier alpha value is -1.69. The van der Waals surface area contributed by atoms with Gasteiger partial charge < -0.3 is 10.2 Å². The Labute approximate surface area is 164 Å². The fraction of sp³-hybridized carbons (Fsp3) is 0.368. The number of anilines is 1. The van der Waals surface area contributed by atoms with Crippen molar-refractivity contribution in [2.24, 2.45) is 0 Å². The number of pyridine rings is 1. The minimum atomic E-state index is -0.453. The summed E-state index contributed by atoms with van der Waals surface area (Å²) in [5.74, 6) is 0.242. The van der Waals surface area contributed by atoms with Crippen LogP contribution in [0.2, 0.25) is 5.02 Å². The number of hydrogen-bond acceptors (Lipinski definition) is 4. The van der Waals surface area contributed by atoms with Crippen molar-refractivity contribution < 1.29 is 9.18 Å². The Morgan fingerprint density at radius 3 is 2.73 bits per heavy atom. The van der Waals surface area contributed by atoms with Crippen LogP contribution in [0, 0.1) is 5.82 Å². The van der Waals surface area contributed by atoms with E-state index in [1.807, 2.05) is 25.2 Å². The second-order valence-corrected chi connectivity index (χ2v) is 6.71. The third-order valence-corrected chi connectivity index (χ3v) is 4.90. The molecule has 1 N–H and O–H groups in total. The van der Waals surface area contributed by atoms with E-state index >= 15 is 0 Å². The summed E-state index contributed by atoms with van der Waals surface area (Å²) < 4.78 is 13.1. The van der Waals surface area contributed by atoms with Crippen molar-refractivity contribution in [3.05, 3.63) is 58.5 Å². The molecule has 1 aliphatic heterocycles. The lowest BCUT2D eigenvalue weighted by atomic mass is 10.0. The lowest BCUT2D eigenvalue weighted by Crippen LogP contribution is -2.41. The van der Waals surface area contributed by atoms with E-state index in [-0.39, 0.29) is 29.6 Å². The van der Waals surface area contributed by atoms with Crippen LogP contribution in [-0.4, -0.2) is 36.9 Å². The highest BCUT2D eigenvalue weighted by Gasteiger charge is 2.19. The molecule has 1 aliphatic rings. The Balaban J connectivity index is 0.00000243. The Morgan fingerprint density at radius 2 is 2.04 bits per heavy atom. The highest BCUT2D eigenvalue weighted by molar-refractivity contribution is 6.34. The first-order valence-electron chi connectivity index (χ1n) is 8.42. The number of aromatic nitrogens is 1. The monoisotopic (exact) mass is 397 g/mol. The molecule has 0 aliphatic carbocycles. The SMILES string of the molecule is CN(c1cccc(CC(=O)c2ccc(F)cc2Cl)n1)C1CCNCC1.Cl. The number of piperidine rings is 1. The zero-order valence-electron chi connectivity index (χ0n) is 14.5. The van der Waals surface area contributed by atoms with E-state index in [1.165, 1.54) is 12.1 Å². The third-order valence-electron chi connectivity index (χ3n) is 4.58. The molecule has 0 bridgehead atoms. The normalized spacial score (nSPS) is 14.6. The maximum absolute atomic E-state index is 13.1. The van der Waals surface area contributed by atoms with Crippen LogP contribution >= 0.6 is 24.0 Å². The quantitative estimate of drug-likeness (QED) is 0.776. The van der Waals surface area contributed by atoms with Crippen molar-refractivity contribution in [1.29, 1.82) is 0 Å². The van der Waals surface area contributed by atoms with Gasteiger partial charge in [-0.25, -0.2) is 9.37 Å². The van der Waals surface area contributed by atoms with E-state index in [2.05, 4.69) is 15.2 Å². The average molecular weight is 398 g/mol. The summed E-state index contributed by atoms with van der Waals surface area (Å²) in [6, 6.07) is 9.97. The molecule has 0 atom stereocenters. The molecule has 1 fully saturated rings. The first kappa shape index (κ1) is 20.6. The van der Waals surface area contributed by atoms with Gasteiger partial charge in [0.15, 0.2) is 5.78 Å². The number of ketones is 1. The van der Waals surface area contributed by atoms with Gasteiger partial charge in [-0.2, -0.15) is 0 Å². The Bertz CT molecular complexity index is 766. The minimum absolute atomic E-state index is 0. The predicted octanol–water partition coefficient (Wildman–Crippen LogP) is 3.91. The van der Waals surface area contributed by atoms with Gasteiger partial charge in [0.2, 0.25) is 0 Å². The first-order chi connectivity index (χ1) is 12.0. The van der Waals surface area contributed by atoms with Gasteiger partial charge in [-0.1, -0.05) is 17.7 Å². The van der Waals surface area contributed by atoms with E-state index in [9.17, 15) is 9.18 Å². The molecule has 1 saturated heterocycles. The summed E-state index contributed by atoms with van der Waals surface area (Å²) in [6.45, 7) is 2.02. The molecule has 140 valence electrons. The maximum Gasteiger partial charge on any atom is 0.170 e. The number of halogens is 3. The number of carbonyl (C=O) groups excluding carboxylic acids is 1. The number of Topliss-reactive ketones (excluding diaryl/α,β-unsaturated/α-hetero) is 1. The zero-order chi connectivity index (χ0) is 17.8. The molecule has 2 heterocycles. The van der Waals surface area contributed by atoms with E-state index in [4.69, 9.17) is 11.6 Å². The number of nitrogens with zero attached hydrogens (tertiary/aromatic N) is 2. The fourth-order valence-electron chi connectivity index (χ4n) is 3.12. The van der Waals surface area contributed by atoms with Crippen molar-refractivity contribution in [3.63, 3.8) is 0 Å². The van der Waals surface area contributed by atoms with E-state index in [0.717, 1.165) is 37.8 Å². The molecule has 7 heteroatoms. The van der Waals surface area contributed by atoms with E-state index < -0.39 is 5.82 Å². The summed E-state index contributed by atoms with van der Waals surface area (Å²) in [6.07, 6.45) is 2.29. The van der Waals surface area contributed by atoms with E-state index in [1.54, 1.807) is 0 Å². The molecule has 0 spiro atoms. The van der Waals surface area contributed by atoms with Crippen LogP contribution in [0.3, 0.4) is 0 Å². The van der Waals surface area contributed by atoms with Crippen LogP contribution in [0.4, 0.5) is 10.2 Å². The van der Waals surface area contributed by atoms with Crippen LogP contribution in [-0.2, 0) is 6.42 Å². The van der Waals surface area contributed by atoms with Crippen LogP contribution in [0.25, 0.3) is 0 Å². The lowest BCUT2D eigenvalue weighted by Gasteiger charge is -2.32. The van der Waals surface area contributed by atoms with Crippen LogP contribution in [0.1, 0.15) is 28.9 Å². The van der Waals surface area contributed by atoms with Crippen LogP contribution < -0.4 is 10.2 Å². The van der Waals surface area contributed by atoms with Gasteiger partial charge in [-0.3, -0.25) is 4.79 Å². The Kier molecular flexibility index (Phi) is 7.38. The minimum Gasteiger partial charge on any atom is -0.357 e. The van der Waals surface area contributed by atoms with Crippen LogP contribution in [0.15, 0.2) is 36.4 Å². The summed E-state index contributed by atoms with van der Waals surface area (Å²) in [4.78, 5) is 19.3. The van der Waals surface area contributed by atoms with Crippen molar-refractivity contribution in [3.8, 4) is 0 Å². The standard InChI is InChI=1S/C19H21ClFN3O.ClH/c1-24(15-7-9-22-10-8-15)19-4-2-3-14(23-19)12-18(25)16-6-5-13(21)11-17(16)20;/h2-6,11,15,22H,7-10,12H2,1H3;1H. The van der Waals surface area contributed by atoms with Crippen molar-refractivity contribution in [1.82, 2.24) is 10.3 Å². The molecular formula is C19H22Cl2FN3O. The van der Waals surface area contributed by atoms with Crippen LogP contribution in [0.5, 0.6) is 0 Å². The molecule has 0 amide bonds. The van der Waals surface area contributed by atoms with Gasteiger partial charge in [0.05, 0.1) is 17.1 Å². The molecule has 1 aromatic carbocycles. The largest absolute Gasteiger partial charge is 0.357 e. The highest BCUT2D eigenvalue weighted by Crippen LogP contribution is 2.21. The van der Waals surface area contributed by atoms with Gasteiger partial charge in [0, 0.05) is 18.7 Å². The molecule has 0 unspecified atom stereocenters. The second-order valence-electron chi connectivity index (χ2n) is 6.30. The van der Waals surface area contributed by atoms with Gasteiger partial charge in [-0.15, -0.1) is 12.4 Å². The lowest BCUT2D eigenvalue weighted by molar-refractivity contribution is 0.0992. The third kappa shape index (κ3) is 4.93. The average Bonchev–Trinajstić information content (AvgIpc) is 2.62. The van der Waals surface area contributed by atoms with Crippen molar-refractivity contribution in [2.45, 2.75) is 25.3 Å². The number of nitrogens with one attached hydrogen (secondary N) is 1. The summed E-state index contributed by atoms with van der Waals surface area (Å²) in [5, 5.41) is 3.49. The maximum atomic E-state index is 13.1. The molecule has 0 saturated carbocycles. The molecule has 2 aromatic rings. The van der Waals surface area contributed by atoms with Gasteiger partial charge in [-0.05, 0) is 56.3 Å². The highest BCUT2D eigenvalue weighted by atomic mass is 35.5. The smallest absolute Gasteiger partial charge is 0.170 e. The fourth-order valence-corrected chi connectivity index (χ4v) is 3.39. The second kappa shape index (κ2) is 9.31. The molecule has 1 aromatic heterocycles. The molecule has 26 heavy (non-hydrogen) atoms. The molecule has 0 radical (unpaired) electrons. The van der Waals surface area contributed by atoms with Crippen molar-refractivity contribution >= 4 is 35.6 Å². The van der Waals surface area contributed by atoms with E-state index in [0.29, 0.717) is 17.3 Å². The molecule has 4 nitrogen and oxygen atoms in total. The summed E-state index contributed by atoms with van der Waals surface area (Å²) >= 11 is 5.98. The first-order valence-corrected chi connectivity index (χ1v) is 8.80. The number of rotatable bonds is 5. The molecule has 3 rings (SSSR count).